The number of nitrogens with zero attached hydrogens (tertiary/aromatic N) is 4. The van der Waals surface area contributed by atoms with E-state index in [1.54, 1.807) is 24.3 Å². The van der Waals surface area contributed by atoms with Crippen LogP contribution in [0.3, 0.4) is 0 Å². The van der Waals surface area contributed by atoms with Crippen molar-refractivity contribution in [1.82, 2.24) is 30.9 Å². The molecule has 4 N–H and O–H groups in total. The third-order valence-corrected chi connectivity index (χ3v) is 9.74. The summed E-state index contributed by atoms with van der Waals surface area (Å²) in [5.74, 6) is -7.76. The van der Waals surface area contributed by atoms with Gasteiger partial charge in [-0.05, 0) is 59.1 Å². The molecule has 4 rings (SSSR count). The molecule has 0 spiro atoms. The van der Waals surface area contributed by atoms with Crippen LogP contribution in [0, 0.1) is 11.3 Å². The van der Waals surface area contributed by atoms with Gasteiger partial charge in [0.05, 0.1) is 41.5 Å². The van der Waals surface area contributed by atoms with Crippen LogP contribution in [0.25, 0.3) is 10.9 Å². The minimum atomic E-state index is -3.19. The zero-order valence-corrected chi connectivity index (χ0v) is 34.0. The van der Waals surface area contributed by atoms with Crippen LogP contribution < -0.4 is 21.3 Å². The van der Waals surface area contributed by atoms with E-state index in [0.717, 1.165) is 4.90 Å². The molecule has 1 aromatic carbocycles. The van der Waals surface area contributed by atoms with Crippen molar-refractivity contribution in [2.24, 2.45) is 0 Å². The molecule has 0 unspecified atom stereocenters. The number of nitriles is 1. The number of likely N-dealkylation sites (tertiary alicyclic amines) is 1. The average Bonchev–Trinajstić information content (AvgIpc) is 3.67. The maximum Gasteiger partial charge on any atom is 0.333 e. The van der Waals surface area contributed by atoms with Crippen molar-refractivity contribution in [3.63, 3.8) is 0 Å². The molecular formula is C40H50F2N8O10. The van der Waals surface area contributed by atoms with Gasteiger partial charge in [-0.3, -0.25) is 38.5 Å². The number of halogens is 2. The predicted octanol–water partition coefficient (Wildman–Crippen LogP) is 2.81. The topological polar surface area (TPSA) is 246 Å². The standard InChI is InChI=1S/C40H50F2N8O10/c1-38(2,48-31(53)9-6-10-35(57)60-50-32(54)13-14-33(50)55)17-20-59-39(3,4)16-19-44-29(51)11-12-30(52)47-28-8-5-7-26-27(15-18-45-36(26)28)37(58)46-23-34(56)49-24-40(41,42)21-25(49)22-43/h5,7-8,15,18,25H,6,9-14,16-17,19-21,23-24H2,1-4H3,(H,44,51)(H,46,58)(H,47,52)(H,48,53)/t25-/m0/s1. The van der Waals surface area contributed by atoms with Gasteiger partial charge in [0.15, 0.2) is 0 Å². The first-order valence-corrected chi connectivity index (χ1v) is 19.5. The van der Waals surface area contributed by atoms with E-state index >= 15 is 0 Å². The molecule has 3 heterocycles. The van der Waals surface area contributed by atoms with Crippen LogP contribution in [0.2, 0.25) is 0 Å². The van der Waals surface area contributed by atoms with Gasteiger partial charge in [-0.2, -0.15) is 5.26 Å². The third kappa shape index (κ3) is 13.7. The maximum atomic E-state index is 13.8. The van der Waals surface area contributed by atoms with Crippen LogP contribution in [-0.4, -0.2) is 112 Å². The Kier molecular flexibility index (Phi) is 15.7. The van der Waals surface area contributed by atoms with Crippen LogP contribution in [0.1, 0.15) is 102 Å². The Hall–Kier alpha value is -6.10. The lowest BCUT2D eigenvalue weighted by molar-refractivity contribution is -0.197. The number of alkyl halides is 2. The summed E-state index contributed by atoms with van der Waals surface area (Å²) in [6.07, 6.45) is 1.24. The molecule has 324 valence electrons. The Bertz CT molecular complexity index is 2020. The first-order valence-electron chi connectivity index (χ1n) is 19.5. The number of hydroxylamine groups is 2. The lowest BCUT2D eigenvalue weighted by Crippen LogP contribution is -2.44. The number of benzene rings is 1. The largest absolute Gasteiger partial charge is 0.375 e. The lowest BCUT2D eigenvalue weighted by atomic mass is 10.00. The van der Waals surface area contributed by atoms with Crippen LogP contribution in [-0.2, 0) is 43.1 Å². The first kappa shape index (κ1) is 46.6. The Morgan fingerprint density at radius 1 is 0.933 bits per heavy atom. The fraction of sp³-hybridized carbons (Fsp3) is 0.550. The van der Waals surface area contributed by atoms with Crippen molar-refractivity contribution in [3.05, 3.63) is 36.0 Å². The molecule has 2 aliphatic rings. The summed E-state index contributed by atoms with van der Waals surface area (Å²) < 4.78 is 33.6. The summed E-state index contributed by atoms with van der Waals surface area (Å²) in [4.78, 5) is 108. The van der Waals surface area contributed by atoms with Crippen LogP contribution in [0.5, 0.6) is 0 Å². The van der Waals surface area contributed by atoms with E-state index in [2.05, 4.69) is 26.3 Å². The number of aromatic nitrogens is 1. The van der Waals surface area contributed by atoms with Gasteiger partial charge in [0, 0.05) is 75.2 Å². The average molecular weight is 841 g/mol. The number of carbonyl (C=O) groups is 8. The van der Waals surface area contributed by atoms with Crippen molar-refractivity contribution in [2.75, 3.05) is 31.6 Å². The van der Waals surface area contributed by atoms with E-state index in [1.165, 1.54) is 12.3 Å². The lowest BCUT2D eigenvalue weighted by Gasteiger charge is -2.30. The number of carbonyl (C=O) groups excluding carboxylic acids is 8. The molecule has 2 fully saturated rings. The highest BCUT2D eigenvalue weighted by Gasteiger charge is 2.47. The van der Waals surface area contributed by atoms with Gasteiger partial charge in [-0.25, -0.2) is 13.6 Å². The Labute approximate surface area is 345 Å². The maximum absolute atomic E-state index is 13.8. The summed E-state index contributed by atoms with van der Waals surface area (Å²) in [5.41, 5.74) is -0.629. The Morgan fingerprint density at radius 3 is 2.33 bits per heavy atom. The minimum Gasteiger partial charge on any atom is -0.375 e. The molecule has 0 saturated carbocycles. The van der Waals surface area contributed by atoms with Crippen LogP contribution in [0.15, 0.2) is 30.5 Å². The molecule has 2 aliphatic heterocycles. The molecule has 20 heteroatoms. The first-order chi connectivity index (χ1) is 28.2. The highest BCUT2D eigenvalue weighted by Crippen LogP contribution is 2.32. The van der Waals surface area contributed by atoms with Gasteiger partial charge in [0.2, 0.25) is 23.6 Å². The van der Waals surface area contributed by atoms with Gasteiger partial charge in [0.1, 0.15) is 6.04 Å². The molecular weight excluding hydrogens is 790 g/mol. The smallest absolute Gasteiger partial charge is 0.333 e. The summed E-state index contributed by atoms with van der Waals surface area (Å²) in [5, 5.41) is 20.8. The Balaban J connectivity index is 1.13. The second-order valence-corrected chi connectivity index (χ2v) is 15.8. The minimum absolute atomic E-state index is 0.00547. The highest BCUT2D eigenvalue weighted by molar-refractivity contribution is 6.11. The molecule has 18 nitrogen and oxygen atoms in total. The number of ether oxygens (including phenoxy) is 1. The number of imide groups is 1. The van der Waals surface area contributed by atoms with Gasteiger partial charge >= 0.3 is 5.97 Å². The van der Waals surface area contributed by atoms with E-state index in [1.807, 2.05) is 27.7 Å². The van der Waals surface area contributed by atoms with Crippen LogP contribution in [0.4, 0.5) is 14.5 Å². The van der Waals surface area contributed by atoms with E-state index in [-0.39, 0.29) is 80.1 Å². The van der Waals surface area contributed by atoms with E-state index in [0.29, 0.717) is 29.9 Å². The van der Waals surface area contributed by atoms with Gasteiger partial charge in [-0.1, -0.05) is 12.1 Å². The molecule has 7 amide bonds. The SMILES string of the molecule is CC(C)(CCOC(C)(C)CCNC(=O)CCC(=O)Nc1cccc2c(C(=O)NCC(=O)N3CC(F)(F)C[C@H]3C#N)ccnc12)NC(=O)CCCC(=O)ON1C(=O)CCC1=O. The molecule has 2 aromatic rings. The normalized spacial score (nSPS) is 16.3. The molecule has 1 aromatic heterocycles. The molecule has 0 aliphatic carbocycles. The van der Waals surface area contributed by atoms with Gasteiger partial charge in [0.25, 0.3) is 23.6 Å². The second kappa shape index (κ2) is 20.2. The van der Waals surface area contributed by atoms with Crippen molar-refractivity contribution in [3.8, 4) is 6.07 Å². The number of fused-ring (bicyclic) bond motifs is 1. The molecule has 2 saturated heterocycles. The quantitative estimate of drug-likeness (QED) is 0.141. The zero-order chi connectivity index (χ0) is 44.3. The van der Waals surface area contributed by atoms with E-state index < -0.39 is 78.1 Å². The second-order valence-electron chi connectivity index (χ2n) is 15.8. The fourth-order valence-electron chi connectivity index (χ4n) is 6.41. The van der Waals surface area contributed by atoms with Crippen molar-refractivity contribution >= 4 is 63.9 Å². The van der Waals surface area contributed by atoms with E-state index in [9.17, 15) is 47.1 Å². The summed E-state index contributed by atoms with van der Waals surface area (Å²) in [6.45, 7) is 6.41. The molecule has 0 bridgehead atoms. The predicted molar refractivity (Wildman–Crippen MR) is 208 cm³/mol. The van der Waals surface area contributed by atoms with Gasteiger partial charge < -0.3 is 35.7 Å². The van der Waals surface area contributed by atoms with Crippen LogP contribution >= 0.6 is 0 Å². The number of hydrogen-bond acceptors (Lipinski definition) is 12. The number of para-hydroxylation sites is 1. The number of nitrogens with one attached hydrogen (secondary N) is 4. The number of amides is 7. The summed E-state index contributed by atoms with van der Waals surface area (Å²) >= 11 is 0. The number of anilines is 1. The summed E-state index contributed by atoms with van der Waals surface area (Å²) in [6, 6.07) is 6.52. The Morgan fingerprint density at radius 2 is 1.63 bits per heavy atom. The third-order valence-electron chi connectivity index (χ3n) is 9.74. The molecule has 60 heavy (non-hydrogen) atoms. The van der Waals surface area contributed by atoms with Gasteiger partial charge in [-0.15, -0.1) is 5.06 Å². The number of pyridine rings is 1. The highest BCUT2D eigenvalue weighted by atomic mass is 19.3. The van der Waals surface area contributed by atoms with Crippen molar-refractivity contribution in [1.29, 1.82) is 5.26 Å². The van der Waals surface area contributed by atoms with Crippen molar-refractivity contribution < 1.29 is 56.7 Å². The number of hydrogen-bond donors (Lipinski definition) is 4. The van der Waals surface area contributed by atoms with E-state index in [4.69, 9.17) is 14.8 Å². The molecule has 1 atom stereocenters. The fourth-order valence-corrected chi connectivity index (χ4v) is 6.41. The molecule has 0 radical (unpaired) electrons. The van der Waals surface area contributed by atoms with Crippen molar-refractivity contribution in [2.45, 2.75) is 115 Å². The summed E-state index contributed by atoms with van der Waals surface area (Å²) in [7, 11) is 0. The number of rotatable bonds is 20. The zero-order valence-electron chi connectivity index (χ0n) is 34.0. The monoisotopic (exact) mass is 840 g/mol.